The normalized spacial score (nSPS) is 21.4. The van der Waals surface area contributed by atoms with E-state index in [0.29, 0.717) is 11.4 Å². The molecule has 0 aromatic heterocycles. The van der Waals surface area contributed by atoms with Crippen LogP contribution >= 0.6 is 0 Å². The van der Waals surface area contributed by atoms with E-state index in [1.165, 1.54) is 4.31 Å². The smallest absolute Gasteiger partial charge is 0.245 e. The van der Waals surface area contributed by atoms with Gasteiger partial charge in [0, 0.05) is 17.8 Å². The predicted molar refractivity (Wildman–Crippen MR) is 121 cm³/mol. The fourth-order valence-corrected chi connectivity index (χ4v) is 6.11. The van der Waals surface area contributed by atoms with Crippen molar-refractivity contribution in [3.8, 4) is 0 Å². The van der Waals surface area contributed by atoms with Gasteiger partial charge in [-0.05, 0) is 70.0 Å². The molecule has 1 fully saturated rings. The van der Waals surface area contributed by atoms with E-state index in [0.717, 1.165) is 16.7 Å². The van der Waals surface area contributed by atoms with Crippen molar-refractivity contribution in [2.24, 2.45) is 0 Å². The maximum Gasteiger partial charge on any atom is 0.245 e. The summed E-state index contributed by atoms with van der Waals surface area (Å²) in [6.07, 6.45) is 0. The molecule has 0 spiro atoms. The Bertz CT molecular complexity index is 991. The lowest BCUT2D eigenvalue weighted by atomic mass is 10.1. The number of carbonyl (C=O) groups excluding carboxylic acids is 1. The molecule has 8 heteroatoms. The molecule has 2 unspecified atom stereocenters. The van der Waals surface area contributed by atoms with Crippen LogP contribution in [0.5, 0.6) is 0 Å². The van der Waals surface area contributed by atoms with Crippen LogP contribution in [0.1, 0.15) is 30.5 Å². The quantitative estimate of drug-likeness (QED) is 0.655. The van der Waals surface area contributed by atoms with Crippen molar-refractivity contribution in [3.63, 3.8) is 0 Å². The van der Waals surface area contributed by atoms with E-state index in [2.05, 4.69) is 16.2 Å². The number of anilines is 2. The number of benzene rings is 2. The number of nitrogens with zero attached hydrogens (tertiary/aromatic N) is 1. The molecule has 2 atom stereocenters. The average molecular weight is 431 g/mol. The van der Waals surface area contributed by atoms with Gasteiger partial charge in [0.15, 0.2) is 0 Å². The Morgan fingerprint density at radius 2 is 1.47 bits per heavy atom. The number of nitrogens with one attached hydrogen (secondary N) is 3. The Hall–Kier alpha value is -2.42. The van der Waals surface area contributed by atoms with Crippen LogP contribution in [0.15, 0.2) is 42.5 Å². The highest BCUT2D eigenvalue weighted by Gasteiger charge is 2.44. The van der Waals surface area contributed by atoms with Gasteiger partial charge in [0.1, 0.15) is 11.8 Å². The molecular weight excluding hydrogens is 400 g/mol. The van der Waals surface area contributed by atoms with E-state index < -0.39 is 15.3 Å². The Labute approximate surface area is 178 Å². The Morgan fingerprint density at radius 3 is 2.00 bits per heavy atom. The Kier molecular flexibility index (Phi) is 6.50. The van der Waals surface area contributed by atoms with Crippen LogP contribution in [-0.2, 0) is 14.8 Å². The highest BCUT2D eigenvalue weighted by atomic mass is 32.2. The molecule has 1 aliphatic heterocycles. The topological polar surface area (TPSA) is 90.5 Å². The molecule has 2 aromatic rings. The maximum atomic E-state index is 13.6. The second-order valence-electron chi connectivity index (χ2n) is 8.14. The van der Waals surface area contributed by atoms with Crippen molar-refractivity contribution in [1.29, 1.82) is 0 Å². The molecular formula is C22H30N4O3S. The van der Waals surface area contributed by atoms with Crippen molar-refractivity contribution in [2.75, 3.05) is 16.2 Å². The number of aryl methyl sites for hydroxylation is 3. The summed E-state index contributed by atoms with van der Waals surface area (Å²) in [6.45, 7) is 9.19. The van der Waals surface area contributed by atoms with Crippen LogP contribution in [-0.4, -0.2) is 38.2 Å². The third kappa shape index (κ3) is 4.83. The monoisotopic (exact) mass is 430 g/mol. The number of carbonyl (C=O) groups is 1. The first-order valence-electron chi connectivity index (χ1n) is 10.1. The number of sulfonamides is 1. The first kappa shape index (κ1) is 22.3. The van der Waals surface area contributed by atoms with Crippen molar-refractivity contribution in [1.82, 2.24) is 10.9 Å². The summed E-state index contributed by atoms with van der Waals surface area (Å²) in [5, 5.41) is 2.14. The molecule has 0 aliphatic carbocycles. The molecule has 2 aromatic carbocycles. The second kappa shape index (κ2) is 8.75. The number of amides is 1. The fraction of sp³-hybridized carbons (Fsp3) is 0.409. The zero-order valence-electron chi connectivity index (χ0n) is 18.1. The van der Waals surface area contributed by atoms with Gasteiger partial charge in [-0.2, -0.15) is 0 Å². The Morgan fingerprint density at radius 1 is 0.933 bits per heavy atom. The SMILES string of the molecule is Cc1ccc(N(CC(=O)Nc2cc(C)cc(C)c2)S(=O)(=O)C2C(C)NNC2C)cc1. The van der Waals surface area contributed by atoms with Crippen molar-refractivity contribution in [2.45, 2.75) is 52.0 Å². The number of rotatable bonds is 6. The minimum absolute atomic E-state index is 0.291. The van der Waals surface area contributed by atoms with Crippen LogP contribution in [0, 0.1) is 20.8 Å². The molecule has 30 heavy (non-hydrogen) atoms. The van der Waals surface area contributed by atoms with Crippen LogP contribution in [0.2, 0.25) is 0 Å². The molecule has 1 amide bonds. The summed E-state index contributed by atoms with van der Waals surface area (Å²) in [5.41, 5.74) is 10.2. The van der Waals surface area contributed by atoms with Crippen LogP contribution < -0.4 is 20.5 Å². The van der Waals surface area contributed by atoms with Crippen molar-refractivity contribution >= 4 is 27.3 Å². The molecule has 1 aliphatic rings. The van der Waals surface area contributed by atoms with Crippen LogP contribution in [0.3, 0.4) is 0 Å². The summed E-state index contributed by atoms with van der Waals surface area (Å²) in [6, 6.07) is 12.3. The largest absolute Gasteiger partial charge is 0.324 e. The van der Waals surface area contributed by atoms with E-state index in [4.69, 9.17) is 0 Å². The Balaban J connectivity index is 1.91. The third-order valence-corrected chi connectivity index (χ3v) is 7.75. The molecule has 0 bridgehead atoms. The van der Waals surface area contributed by atoms with Crippen LogP contribution in [0.25, 0.3) is 0 Å². The highest BCUT2D eigenvalue weighted by molar-refractivity contribution is 7.93. The zero-order chi connectivity index (χ0) is 22.1. The third-order valence-electron chi connectivity index (χ3n) is 5.29. The van der Waals surface area contributed by atoms with Crippen molar-refractivity contribution < 1.29 is 13.2 Å². The summed E-state index contributed by atoms with van der Waals surface area (Å²) < 4.78 is 28.4. The molecule has 1 saturated heterocycles. The van der Waals surface area contributed by atoms with E-state index >= 15 is 0 Å². The van der Waals surface area contributed by atoms with E-state index in [1.807, 2.05) is 65.0 Å². The lowest BCUT2D eigenvalue weighted by Crippen LogP contribution is -2.49. The lowest BCUT2D eigenvalue weighted by Gasteiger charge is -2.30. The first-order chi connectivity index (χ1) is 14.1. The molecule has 3 N–H and O–H groups in total. The van der Waals surface area contributed by atoms with Gasteiger partial charge in [-0.1, -0.05) is 23.8 Å². The fourth-order valence-electron chi connectivity index (χ4n) is 3.94. The van der Waals surface area contributed by atoms with E-state index in [-0.39, 0.29) is 24.5 Å². The molecule has 7 nitrogen and oxygen atoms in total. The zero-order valence-corrected chi connectivity index (χ0v) is 18.9. The summed E-state index contributed by atoms with van der Waals surface area (Å²) in [5.74, 6) is -0.386. The minimum atomic E-state index is -3.82. The number of hydrogen-bond donors (Lipinski definition) is 3. The number of hydrazine groups is 1. The summed E-state index contributed by atoms with van der Waals surface area (Å²) in [7, 11) is -3.82. The standard InChI is InChI=1S/C22H30N4O3S/c1-14-6-8-20(9-7-14)26(30(28,29)22-17(4)24-25-18(22)5)13-21(27)23-19-11-15(2)10-16(3)12-19/h6-12,17-18,22,24-25H,13H2,1-5H3,(H,23,27). The van der Waals surface area contributed by atoms with Gasteiger partial charge in [0.05, 0.1) is 5.69 Å². The molecule has 162 valence electrons. The van der Waals surface area contributed by atoms with Gasteiger partial charge in [0.25, 0.3) is 0 Å². The number of hydrogen-bond acceptors (Lipinski definition) is 5. The molecule has 1 heterocycles. The van der Waals surface area contributed by atoms with Gasteiger partial charge in [0.2, 0.25) is 15.9 Å². The summed E-state index contributed by atoms with van der Waals surface area (Å²) >= 11 is 0. The van der Waals surface area contributed by atoms with Crippen LogP contribution in [0.4, 0.5) is 11.4 Å². The highest BCUT2D eigenvalue weighted by Crippen LogP contribution is 2.26. The molecule has 3 rings (SSSR count). The van der Waals surface area contributed by atoms with Gasteiger partial charge >= 0.3 is 0 Å². The average Bonchev–Trinajstić information content (AvgIpc) is 2.98. The van der Waals surface area contributed by atoms with Crippen molar-refractivity contribution in [3.05, 3.63) is 59.2 Å². The lowest BCUT2D eigenvalue weighted by molar-refractivity contribution is -0.114. The maximum absolute atomic E-state index is 13.6. The van der Waals surface area contributed by atoms with Gasteiger partial charge < -0.3 is 5.32 Å². The molecule has 0 saturated carbocycles. The first-order valence-corrected chi connectivity index (χ1v) is 11.6. The minimum Gasteiger partial charge on any atom is -0.324 e. The predicted octanol–water partition coefficient (Wildman–Crippen LogP) is 2.64. The van der Waals surface area contributed by atoms with Gasteiger partial charge in [-0.25, -0.2) is 8.42 Å². The molecule has 0 radical (unpaired) electrons. The van der Waals surface area contributed by atoms with E-state index in [1.54, 1.807) is 12.1 Å². The summed E-state index contributed by atoms with van der Waals surface area (Å²) in [4.78, 5) is 12.9. The van der Waals surface area contributed by atoms with Gasteiger partial charge in [-0.3, -0.25) is 20.0 Å². The van der Waals surface area contributed by atoms with Gasteiger partial charge in [-0.15, -0.1) is 0 Å². The van der Waals surface area contributed by atoms with E-state index in [9.17, 15) is 13.2 Å². The second-order valence-corrected chi connectivity index (χ2v) is 10.2.